The fourth-order valence-corrected chi connectivity index (χ4v) is 1.43. The van der Waals surface area contributed by atoms with Gasteiger partial charge in [0.25, 0.3) is 0 Å². The van der Waals surface area contributed by atoms with E-state index in [2.05, 4.69) is 25.9 Å². The van der Waals surface area contributed by atoms with Crippen molar-refractivity contribution in [2.24, 2.45) is 0 Å². The Balaban J connectivity index is 2.02. The molecule has 1 aliphatic rings. The first-order valence-electron chi connectivity index (χ1n) is 3.94. The van der Waals surface area contributed by atoms with Crippen molar-refractivity contribution in [1.29, 1.82) is 0 Å². The summed E-state index contributed by atoms with van der Waals surface area (Å²) in [7, 11) is 0. The van der Waals surface area contributed by atoms with Gasteiger partial charge < -0.3 is 10.4 Å². The molecule has 66 valence electrons. The van der Waals surface area contributed by atoms with E-state index in [-0.39, 0.29) is 0 Å². The minimum absolute atomic E-state index is 0.469. The first-order chi connectivity index (χ1) is 5.79. The Morgan fingerprint density at radius 2 is 2.50 bits per heavy atom. The molecule has 6 heteroatoms. The second-order valence-electron chi connectivity index (χ2n) is 3.16. The standard InChI is InChI=1S/C6H11N5O/c12-6(1-2-7-4-6)3-5-8-10-11-9-5/h7,12H,1-4H2,(H,8,9,10,11). The molecule has 2 heterocycles. The van der Waals surface area contributed by atoms with E-state index in [0.29, 0.717) is 18.8 Å². The molecular weight excluding hydrogens is 158 g/mol. The lowest BCUT2D eigenvalue weighted by atomic mass is 9.99. The zero-order valence-corrected chi connectivity index (χ0v) is 6.62. The van der Waals surface area contributed by atoms with Gasteiger partial charge in [-0.05, 0) is 13.0 Å². The third kappa shape index (κ3) is 1.44. The van der Waals surface area contributed by atoms with E-state index < -0.39 is 5.60 Å². The summed E-state index contributed by atoms with van der Waals surface area (Å²) in [6.45, 7) is 1.47. The van der Waals surface area contributed by atoms with E-state index >= 15 is 0 Å². The topological polar surface area (TPSA) is 86.7 Å². The SMILES string of the molecule is OC1(Cc2nn[nH]n2)CCNC1. The minimum atomic E-state index is -0.677. The number of hydrogen-bond donors (Lipinski definition) is 3. The first-order valence-corrected chi connectivity index (χ1v) is 3.94. The molecule has 1 unspecified atom stereocenters. The monoisotopic (exact) mass is 169 g/mol. The normalized spacial score (nSPS) is 29.4. The first kappa shape index (κ1) is 7.63. The highest BCUT2D eigenvalue weighted by Gasteiger charge is 2.32. The van der Waals surface area contributed by atoms with E-state index in [1.54, 1.807) is 0 Å². The van der Waals surface area contributed by atoms with E-state index in [9.17, 15) is 5.11 Å². The predicted molar refractivity (Wildman–Crippen MR) is 40.3 cm³/mol. The zero-order valence-electron chi connectivity index (χ0n) is 6.62. The quantitative estimate of drug-likeness (QED) is 0.500. The molecule has 3 N–H and O–H groups in total. The van der Waals surface area contributed by atoms with Gasteiger partial charge in [-0.2, -0.15) is 5.21 Å². The van der Waals surface area contributed by atoms with E-state index in [4.69, 9.17) is 0 Å². The maximum atomic E-state index is 9.88. The Bertz CT molecular complexity index is 240. The molecule has 0 saturated carbocycles. The van der Waals surface area contributed by atoms with Gasteiger partial charge in [0.15, 0.2) is 5.82 Å². The lowest BCUT2D eigenvalue weighted by molar-refractivity contribution is 0.0598. The van der Waals surface area contributed by atoms with Crippen molar-refractivity contribution in [1.82, 2.24) is 25.9 Å². The Hall–Kier alpha value is -1.01. The highest BCUT2D eigenvalue weighted by Crippen LogP contribution is 2.17. The Morgan fingerprint density at radius 1 is 1.58 bits per heavy atom. The molecule has 0 radical (unpaired) electrons. The minimum Gasteiger partial charge on any atom is -0.388 e. The van der Waals surface area contributed by atoms with Gasteiger partial charge in [-0.3, -0.25) is 0 Å². The molecule has 12 heavy (non-hydrogen) atoms. The number of hydrogen-bond acceptors (Lipinski definition) is 5. The van der Waals surface area contributed by atoms with Gasteiger partial charge in [0, 0.05) is 13.0 Å². The van der Waals surface area contributed by atoms with Gasteiger partial charge in [0.1, 0.15) is 0 Å². The Morgan fingerprint density at radius 3 is 3.08 bits per heavy atom. The number of β-amino-alcohol motifs (C(OH)–C–C–N with tert-alkyl or cyclic N) is 1. The molecule has 1 aromatic heterocycles. The summed E-state index contributed by atoms with van der Waals surface area (Å²) >= 11 is 0. The van der Waals surface area contributed by atoms with Crippen LogP contribution < -0.4 is 5.32 Å². The number of tetrazole rings is 1. The summed E-state index contributed by atoms with van der Waals surface area (Å²) in [4.78, 5) is 0. The summed E-state index contributed by atoms with van der Waals surface area (Å²) in [6, 6.07) is 0. The number of aliphatic hydroxyl groups is 1. The van der Waals surface area contributed by atoms with Crippen LogP contribution in [0, 0.1) is 0 Å². The second-order valence-corrected chi connectivity index (χ2v) is 3.16. The van der Waals surface area contributed by atoms with Gasteiger partial charge >= 0.3 is 0 Å². The van der Waals surface area contributed by atoms with Crippen molar-refractivity contribution in [3.05, 3.63) is 5.82 Å². The van der Waals surface area contributed by atoms with Crippen molar-refractivity contribution < 1.29 is 5.11 Å². The summed E-state index contributed by atoms with van der Waals surface area (Å²) in [5.41, 5.74) is -0.677. The smallest absolute Gasteiger partial charge is 0.177 e. The van der Waals surface area contributed by atoms with Gasteiger partial charge in [-0.15, -0.1) is 10.2 Å². The lowest BCUT2D eigenvalue weighted by Gasteiger charge is -2.18. The van der Waals surface area contributed by atoms with Crippen molar-refractivity contribution in [2.75, 3.05) is 13.1 Å². The number of aromatic amines is 1. The lowest BCUT2D eigenvalue weighted by Crippen LogP contribution is -2.34. The van der Waals surface area contributed by atoms with Gasteiger partial charge in [-0.25, -0.2) is 0 Å². The molecule has 1 aromatic rings. The molecule has 1 saturated heterocycles. The Kier molecular flexibility index (Phi) is 1.78. The third-order valence-corrected chi connectivity index (χ3v) is 2.10. The van der Waals surface area contributed by atoms with Crippen LogP contribution in [-0.4, -0.2) is 44.4 Å². The highest BCUT2D eigenvalue weighted by molar-refractivity contribution is 4.95. The third-order valence-electron chi connectivity index (χ3n) is 2.10. The van der Waals surface area contributed by atoms with Gasteiger partial charge in [0.05, 0.1) is 5.60 Å². The number of nitrogens with one attached hydrogen (secondary N) is 2. The van der Waals surface area contributed by atoms with Crippen molar-refractivity contribution in [3.8, 4) is 0 Å². The number of aromatic nitrogens is 4. The molecule has 1 aliphatic heterocycles. The van der Waals surface area contributed by atoms with E-state index in [0.717, 1.165) is 13.0 Å². The molecular formula is C6H11N5O. The van der Waals surface area contributed by atoms with Crippen LogP contribution in [0.5, 0.6) is 0 Å². The molecule has 2 rings (SSSR count). The average molecular weight is 169 g/mol. The molecule has 1 atom stereocenters. The average Bonchev–Trinajstić information content (AvgIpc) is 2.62. The Labute approximate surface area is 69.4 Å². The summed E-state index contributed by atoms with van der Waals surface area (Å²) in [5, 5.41) is 26.3. The summed E-state index contributed by atoms with van der Waals surface area (Å²) in [6.07, 6.45) is 1.22. The van der Waals surface area contributed by atoms with Gasteiger partial charge in [0.2, 0.25) is 0 Å². The molecule has 0 spiro atoms. The molecule has 0 amide bonds. The van der Waals surface area contributed by atoms with Gasteiger partial charge in [-0.1, -0.05) is 5.21 Å². The maximum Gasteiger partial charge on any atom is 0.177 e. The van der Waals surface area contributed by atoms with E-state index in [1.807, 2.05) is 0 Å². The van der Waals surface area contributed by atoms with E-state index in [1.165, 1.54) is 0 Å². The second kappa shape index (κ2) is 2.80. The summed E-state index contributed by atoms with van der Waals surface area (Å²) < 4.78 is 0. The predicted octanol–water partition coefficient (Wildman–Crippen LogP) is -1.53. The molecule has 0 aliphatic carbocycles. The van der Waals surface area contributed by atoms with Crippen LogP contribution in [0.4, 0.5) is 0 Å². The van der Waals surface area contributed by atoms with Crippen LogP contribution in [0.25, 0.3) is 0 Å². The van der Waals surface area contributed by atoms with Crippen LogP contribution in [0.3, 0.4) is 0 Å². The van der Waals surface area contributed by atoms with Crippen LogP contribution >= 0.6 is 0 Å². The molecule has 0 aromatic carbocycles. The molecule has 6 nitrogen and oxygen atoms in total. The van der Waals surface area contributed by atoms with Crippen molar-refractivity contribution in [3.63, 3.8) is 0 Å². The number of rotatable bonds is 2. The molecule has 0 bridgehead atoms. The molecule has 1 fully saturated rings. The van der Waals surface area contributed by atoms with Crippen LogP contribution in [0.1, 0.15) is 12.2 Å². The van der Waals surface area contributed by atoms with Crippen LogP contribution in [-0.2, 0) is 6.42 Å². The fraction of sp³-hybridized carbons (Fsp3) is 0.833. The number of nitrogens with zero attached hydrogens (tertiary/aromatic N) is 3. The largest absolute Gasteiger partial charge is 0.388 e. The highest BCUT2D eigenvalue weighted by atomic mass is 16.3. The zero-order chi connectivity index (χ0) is 8.44. The maximum absolute atomic E-state index is 9.88. The fourth-order valence-electron chi connectivity index (χ4n) is 1.43. The summed E-state index contributed by atoms with van der Waals surface area (Å²) in [5.74, 6) is 0.571. The van der Waals surface area contributed by atoms with Crippen molar-refractivity contribution >= 4 is 0 Å². The van der Waals surface area contributed by atoms with Crippen LogP contribution in [0.15, 0.2) is 0 Å². The van der Waals surface area contributed by atoms with Crippen LogP contribution in [0.2, 0.25) is 0 Å². The number of H-pyrrole nitrogens is 1. The van der Waals surface area contributed by atoms with Crippen molar-refractivity contribution in [2.45, 2.75) is 18.4 Å².